The molecule has 8 aromatic rings. The van der Waals surface area contributed by atoms with Crippen molar-refractivity contribution in [1.82, 2.24) is 0 Å². The molecule has 0 N–H and O–H groups in total. The highest BCUT2D eigenvalue weighted by Gasteiger charge is 2.59. The third-order valence-corrected chi connectivity index (χ3v) is 22.8. The van der Waals surface area contributed by atoms with E-state index in [4.69, 9.17) is 0 Å². The summed E-state index contributed by atoms with van der Waals surface area (Å²) < 4.78 is -0.00139. The Balaban J connectivity index is 1.26. The zero-order chi connectivity index (χ0) is 41.4. The third kappa shape index (κ3) is 6.54. The Hall–Kier alpha value is -5.69. The van der Waals surface area contributed by atoms with E-state index in [-0.39, 0.29) is 4.66 Å². The molecule has 2 nitrogen and oxygen atoms in total. The first-order valence-corrected chi connectivity index (χ1v) is 28.2. The van der Waals surface area contributed by atoms with Crippen molar-refractivity contribution in [3.8, 4) is 11.1 Å². The van der Waals surface area contributed by atoms with E-state index < -0.39 is 16.1 Å². The number of fused-ring (bicyclic) bond motifs is 5. The van der Waals surface area contributed by atoms with Crippen LogP contribution in [-0.4, -0.2) is 16.1 Å². The molecular formula is C55H56N2Si2. The quantitative estimate of drug-likeness (QED) is 0.141. The minimum absolute atomic E-state index is 0.00139. The highest BCUT2D eigenvalue weighted by Crippen LogP contribution is 2.59. The van der Waals surface area contributed by atoms with Crippen LogP contribution in [0.3, 0.4) is 0 Å². The Morgan fingerprint density at radius 3 is 1.02 bits per heavy atom. The number of benzene rings is 8. The standard InChI is InChI=1S/C55H56N2Si2/c1-37-25-38(2)28-49(27-37)56(45-17-13-11-14-18-45)47-23-21-41-33-51-52-34-42-22-24-48(57(46-19-15-12-16-20-46)50-29-39(3)26-40(4)30-50)32-44(42)36-54(52)55(58(5,6)7,59(8,9)10)53(51)35-43(41)31-47/h11-36H,1-10H3. The molecule has 0 saturated heterocycles. The van der Waals surface area contributed by atoms with Gasteiger partial charge >= 0.3 is 0 Å². The normalized spacial score (nSPS) is 13.4. The van der Waals surface area contributed by atoms with Crippen molar-refractivity contribution in [1.29, 1.82) is 0 Å². The summed E-state index contributed by atoms with van der Waals surface area (Å²) in [7, 11) is -3.91. The summed E-state index contributed by atoms with van der Waals surface area (Å²) in [6.45, 7) is 24.5. The molecule has 4 heteroatoms. The number of aryl methyl sites for hydroxylation is 4. The van der Waals surface area contributed by atoms with Gasteiger partial charge in [0.15, 0.2) is 0 Å². The van der Waals surface area contributed by atoms with Crippen LogP contribution in [-0.2, 0) is 4.66 Å². The van der Waals surface area contributed by atoms with Crippen molar-refractivity contribution < 1.29 is 0 Å². The molecule has 9 rings (SSSR count). The van der Waals surface area contributed by atoms with Crippen LogP contribution >= 0.6 is 0 Å². The second-order valence-electron chi connectivity index (χ2n) is 19.1. The lowest BCUT2D eigenvalue weighted by Crippen LogP contribution is -2.63. The Morgan fingerprint density at radius 2 is 0.678 bits per heavy atom. The minimum Gasteiger partial charge on any atom is -0.310 e. The molecule has 0 radical (unpaired) electrons. The van der Waals surface area contributed by atoms with Gasteiger partial charge in [-0.1, -0.05) is 112 Å². The van der Waals surface area contributed by atoms with E-state index in [1.54, 1.807) is 11.1 Å². The smallest absolute Gasteiger partial charge is 0.0579 e. The fourth-order valence-electron chi connectivity index (χ4n) is 11.0. The van der Waals surface area contributed by atoms with Gasteiger partial charge < -0.3 is 9.80 Å². The van der Waals surface area contributed by atoms with Crippen molar-refractivity contribution in [2.24, 2.45) is 0 Å². The van der Waals surface area contributed by atoms with Crippen LogP contribution in [0.4, 0.5) is 34.1 Å². The molecule has 8 aromatic carbocycles. The molecule has 294 valence electrons. The van der Waals surface area contributed by atoms with Gasteiger partial charge in [-0.05, 0) is 179 Å². The van der Waals surface area contributed by atoms with E-state index >= 15 is 0 Å². The number of nitrogens with zero attached hydrogens (tertiary/aromatic N) is 2. The van der Waals surface area contributed by atoms with E-state index in [9.17, 15) is 0 Å². The number of hydrogen-bond acceptors (Lipinski definition) is 2. The van der Waals surface area contributed by atoms with E-state index in [0.29, 0.717) is 0 Å². The number of rotatable bonds is 8. The second kappa shape index (κ2) is 14.3. The lowest BCUT2D eigenvalue weighted by Gasteiger charge is -2.51. The predicted octanol–water partition coefficient (Wildman–Crippen LogP) is 16.2. The van der Waals surface area contributed by atoms with Crippen LogP contribution in [0.25, 0.3) is 32.7 Å². The van der Waals surface area contributed by atoms with Crippen molar-refractivity contribution in [3.63, 3.8) is 0 Å². The average Bonchev–Trinajstić information content (AvgIpc) is 3.46. The molecule has 1 aliphatic carbocycles. The molecular weight excluding hydrogens is 745 g/mol. The zero-order valence-corrected chi connectivity index (χ0v) is 38.4. The lowest BCUT2D eigenvalue weighted by molar-refractivity contribution is 0.956. The monoisotopic (exact) mass is 800 g/mol. The zero-order valence-electron chi connectivity index (χ0n) is 36.4. The van der Waals surface area contributed by atoms with Crippen LogP contribution in [0.1, 0.15) is 33.4 Å². The Morgan fingerprint density at radius 1 is 0.322 bits per heavy atom. The highest BCUT2D eigenvalue weighted by atomic mass is 28.4. The molecule has 0 aliphatic heterocycles. The van der Waals surface area contributed by atoms with Gasteiger partial charge in [-0.3, -0.25) is 0 Å². The maximum absolute atomic E-state index is 2.62. The first kappa shape index (κ1) is 38.8. The average molecular weight is 801 g/mol. The van der Waals surface area contributed by atoms with Crippen LogP contribution < -0.4 is 9.80 Å². The van der Waals surface area contributed by atoms with E-state index in [2.05, 4.69) is 235 Å². The maximum Gasteiger partial charge on any atom is 0.0579 e. The summed E-state index contributed by atoms with van der Waals surface area (Å²) in [5.41, 5.74) is 18.1. The first-order valence-electron chi connectivity index (χ1n) is 21.2. The van der Waals surface area contributed by atoms with Crippen LogP contribution in [0, 0.1) is 27.7 Å². The van der Waals surface area contributed by atoms with Crippen LogP contribution in [0.2, 0.25) is 39.3 Å². The van der Waals surface area contributed by atoms with Gasteiger partial charge in [-0.25, -0.2) is 0 Å². The largest absolute Gasteiger partial charge is 0.310 e. The molecule has 0 heterocycles. The summed E-state index contributed by atoms with van der Waals surface area (Å²) in [6, 6.07) is 59.9. The van der Waals surface area contributed by atoms with Crippen molar-refractivity contribution in [2.45, 2.75) is 71.6 Å². The molecule has 0 unspecified atom stereocenters. The predicted molar refractivity (Wildman–Crippen MR) is 263 cm³/mol. The Labute approximate surface area is 353 Å². The molecule has 0 fully saturated rings. The van der Waals surface area contributed by atoms with Crippen molar-refractivity contribution in [2.75, 3.05) is 9.80 Å². The first-order chi connectivity index (χ1) is 28.1. The fraction of sp³-hybridized carbons (Fsp3) is 0.200. The van der Waals surface area contributed by atoms with Gasteiger partial charge in [0.2, 0.25) is 0 Å². The summed E-state index contributed by atoms with van der Waals surface area (Å²) in [4.78, 5) is 4.85. The van der Waals surface area contributed by atoms with E-state index in [1.807, 2.05) is 0 Å². The molecule has 0 aromatic heterocycles. The van der Waals surface area contributed by atoms with Crippen molar-refractivity contribution in [3.05, 3.63) is 191 Å². The van der Waals surface area contributed by atoms with Crippen molar-refractivity contribution >= 4 is 71.8 Å². The molecule has 0 saturated carbocycles. The number of para-hydroxylation sites is 2. The third-order valence-electron chi connectivity index (χ3n) is 12.7. The maximum atomic E-state index is 2.62. The number of hydrogen-bond donors (Lipinski definition) is 0. The molecule has 1 aliphatic rings. The lowest BCUT2D eigenvalue weighted by atomic mass is 9.98. The Kier molecular flexibility index (Phi) is 9.37. The van der Waals surface area contributed by atoms with E-state index in [1.165, 1.54) is 89.0 Å². The second-order valence-corrected chi connectivity index (χ2v) is 30.1. The fourth-order valence-corrected chi connectivity index (χ4v) is 24.1. The van der Waals surface area contributed by atoms with Crippen LogP contribution in [0.15, 0.2) is 158 Å². The molecule has 0 spiro atoms. The molecule has 0 atom stereocenters. The summed E-state index contributed by atoms with van der Waals surface area (Å²) in [6.07, 6.45) is 0. The van der Waals surface area contributed by atoms with Gasteiger partial charge in [0.05, 0.1) is 16.1 Å². The molecule has 0 amide bonds. The number of anilines is 6. The van der Waals surface area contributed by atoms with E-state index in [0.717, 1.165) is 0 Å². The topological polar surface area (TPSA) is 6.48 Å². The Bertz CT molecular complexity index is 2660. The molecule has 0 bridgehead atoms. The SMILES string of the molecule is Cc1cc(C)cc(N(c2ccccc2)c2ccc3cc4c(cc3c2)C([Si](C)(C)C)([Si](C)(C)C)c2cc3cc(N(c5ccccc5)c5cc(C)cc(C)c5)ccc3cc2-4)c1. The van der Waals surface area contributed by atoms with Crippen LogP contribution in [0.5, 0.6) is 0 Å². The van der Waals surface area contributed by atoms with Gasteiger partial charge in [-0.15, -0.1) is 0 Å². The summed E-state index contributed by atoms with van der Waals surface area (Å²) in [5.74, 6) is 0. The van der Waals surface area contributed by atoms with Gasteiger partial charge in [-0.2, -0.15) is 0 Å². The summed E-state index contributed by atoms with van der Waals surface area (Å²) >= 11 is 0. The highest BCUT2D eigenvalue weighted by molar-refractivity contribution is 6.99. The van der Waals surface area contributed by atoms with Gasteiger partial charge in [0.25, 0.3) is 0 Å². The van der Waals surface area contributed by atoms with Gasteiger partial charge in [0, 0.05) is 38.8 Å². The van der Waals surface area contributed by atoms with Gasteiger partial charge in [0.1, 0.15) is 0 Å². The minimum atomic E-state index is -1.95. The summed E-state index contributed by atoms with van der Waals surface area (Å²) in [5, 5.41) is 5.19. The molecule has 59 heavy (non-hydrogen) atoms.